The molecule has 2 fully saturated rings. The van der Waals surface area contributed by atoms with E-state index in [4.69, 9.17) is 0 Å². The van der Waals surface area contributed by atoms with Crippen LogP contribution in [0, 0.1) is 13.8 Å². The summed E-state index contributed by atoms with van der Waals surface area (Å²) in [5.74, 6) is -0.394. The van der Waals surface area contributed by atoms with E-state index < -0.39 is 18.6 Å². The summed E-state index contributed by atoms with van der Waals surface area (Å²) in [6.07, 6.45) is -5.15. The zero-order valence-corrected chi connectivity index (χ0v) is 20.4. The molecule has 0 radical (unpaired) electrons. The van der Waals surface area contributed by atoms with Crippen molar-refractivity contribution in [3.63, 3.8) is 0 Å². The summed E-state index contributed by atoms with van der Waals surface area (Å²) in [4.78, 5) is 32.4. The van der Waals surface area contributed by atoms with Gasteiger partial charge in [-0.1, -0.05) is 19.9 Å². The van der Waals surface area contributed by atoms with Gasteiger partial charge in [-0.3, -0.25) is 14.5 Å². The van der Waals surface area contributed by atoms with Crippen LogP contribution in [0.2, 0.25) is 0 Å². The van der Waals surface area contributed by atoms with Crippen LogP contribution in [0.3, 0.4) is 0 Å². The number of piperazine rings is 2. The van der Waals surface area contributed by atoms with E-state index in [1.165, 1.54) is 23.0 Å². The molecule has 6 nitrogen and oxygen atoms in total. The lowest BCUT2D eigenvalue weighted by molar-refractivity contribution is -0.151. The van der Waals surface area contributed by atoms with Crippen LogP contribution in [0.4, 0.5) is 18.9 Å². The molecule has 2 aliphatic heterocycles. The van der Waals surface area contributed by atoms with E-state index in [2.05, 4.69) is 36.9 Å². The first kappa shape index (κ1) is 27.0. The Labute approximate surface area is 195 Å². The predicted octanol–water partition coefficient (Wildman–Crippen LogP) is 3.46. The Morgan fingerprint density at radius 3 is 2.15 bits per heavy atom. The smallest absolute Gasteiger partial charge is 0.368 e. The van der Waals surface area contributed by atoms with Gasteiger partial charge in [-0.05, 0) is 37.1 Å². The second kappa shape index (κ2) is 11.7. The highest BCUT2D eigenvalue weighted by atomic mass is 19.4. The summed E-state index contributed by atoms with van der Waals surface area (Å²) >= 11 is 0. The van der Waals surface area contributed by atoms with E-state index in [-0.39, 0.29) is 31.4 Å². The summed E-state index contributed by atoms with van der Waals surface area (Å²) in [6, 6.07) is 5.58. The number of alkyl halides is 3. The van der Waals surface area contributed by atoms with Crippen molar-refractivity contribution in [3.8, 4) is 0 Å². The van der Waals surface area contributed by atoms with Crippen molar-refractivity contribution in [3.05, 3.63) is 29.3 Å². The van der Waals surface area contributed by atoms with Crippen molar-refractivity contribution >= 4 is 17.5 Å². The van der Waals surface area contributed by atoms with Gasteiger partial charge in [0.2, 0.25) is 11.8 Å². The van der Waals surface area contributed by atoms with Crippen LogP contribution in [0.25, 0.3) is 0 Å². The molecule has 0 unspecified atom stereocenters. The largest absolute Gasteiger partial charge is 0.390 e. The van der Waals surface area contributed by atoms with E-state index >= 15 is 0 Å². The SMILES string of the molecule is CC.CC(=O)N1CCN(CCC(F)(F)F)C[C@@H]1C(=O)N1CCN(c2ccc(C)c(C)c2)CC1. The number of nitrogens with zero attached hydrogens (tertiary/aromatic N) is 4. The van der Waals surface area contributed by atoms with E-state index in [1.807, 2.05) is 13.8 Å². The molecular weight excluding hydrogens is 433 g/mol. The van der Waals surface area contributed by atoms with Crippen LogP contribution in [0.1, 0.15) is 38.3 Å². The van der Waals surface area contributed by atoms with Crippen LogP contribution in [0.5, 0.6) is 0 Å². The van der Waals surface area contributed by atoms with Crippen LogP contribution < -0.4 is 4.90 Å². The Morgan fingerprint density at radius 2 is 1.61 bits per heavy atom. The van der Waals surface area contributed by atoms with Crippen molar-refractivity contribution in [1.29, 1.82) is 0 Å². The molecule has 1 atom stereocenters. The van der Waals surface area contributed by atoms with Crippen LogP contribution in [-0.4, -0.2) is 91.1 Å². The lowest BCUT2D eigenvalue weighted by atomic mass is 10.1. The number of carbonyl (C=O) groups is 2. The van der Waals surface area contributed by atoms with Crippen LogP contribution in [-0.2, 0) is 9.59 Å². The third-order valence-electron chi connectivity index (χ3n) is 6.31. The molecule has 33 heavy (non-hydrogen) atoms. The molecule has 2 heterocycles. The van der Waals surface area contributed by atoms with Gasteiger partial charge in [0.25, 0.3) is 0 Å². The molecule has 0 aliphatic carbocycles. The highest BCUT2D eigenvalue weighted by molar-refractivity contribution is 5.87. The molecule has 9 heteroatoms. The van der Waals surface area contributed by atoms with Gasteiger partial charge in [-0.15, -0.1) is 0 Å². The molecular formula is C24H37F3N4O2. The number of hydrogen-bond donors (Lipinski definition) is 0. The zero-order chi connectivity index (χ0) is 24.8. The van der Waals surface area contributed by atoms with Crippen molar-refractivity contribution < 1.29 is 22.8 Å². The van der Waals surface area contributed by atoms with E-state index in [1.54, 1.807) is 9.80 Å². The topological polar surface area (TPSA) is 47.1 Å². The maximum Gasteiger partial charge on any atom is 0.390 e. The van der Waals surface area contributed by atoms with Gasteiger partial charge >= 0.3 is 6.18 Å². The number of carbonyl (C=O) groups excluding carboxylic acids is 2. The number of hydrogen-bond acceptors (Lipinski definition) is 4. The monoisotopic (exact) mass is 470 g/mol. The molecule has 1 aromatic rings. The quantitative estimate of drug-likeness (QED) is 0.676. The van der Waals surface area contributed by atoms with Gasteiger partial charge in [-0.2, -0.15) is 13.2 Å². The van der Waals surface area contributed by atoms with Crippen molar-refractivity contribution in [2.75, 3.05) is 57.3 Å². The molecule has 186 valence electrons. The molecule has 2 amide bonds. The van der Waals surface area contributed by atoms with Crippen molar-refractivity contribution in [2.24, 2.45) is 0 Å². The van der Waals surface area contributed by atoms with E-state index in [0.717, 1.165) is 5.69 Å². The van der Waals surface area contributed by atoms with Gasteiger partial charge in [-0.25, -0.2) is 0 Å². The fraction of sp³-hybridized carbons (Fsp3) is 0.667. The van der Waals surface area contributed by atoms with Crippen LogP contribution in [0.15, 0.2) is 18.2 Å². The standard InChI is InChI=1S/C22H31F3N4O2.C2H6/c1-16-4-5-19(14-17(16)2)27-9-11-28(12-10-27)21(31)20-15-26(7-6-22(23,24)25)8-13-29(20)18(3)30;1-2/h4-5,14,20H,6-13,15H2,1-3H3;1-2H3/t20-;/m1./s1. The fourth-order valence-corrected chi connectivity index (χ4v) is 4.23. The number of anilines is 1. The summed E-state index contributed by atoms with van der Waals surface area (Å²) < 4.78 is 37.8. The molecule has 0 aromatic heterocycles. The van der Waals surface area contributed by atoms with Gasteiger partial charge in [0.05, 0.1) is 6.42 Å². The summed E-state index contributed by atoms with van der Waals surface area (Å²) in [6.45, 7) is 12.6. The Kier molecular flexibility index (Phi) is 9.57. The number of benzene rings is 1. The average molecular weight is 471 g/mol. The summed E-state index contributed by atoms with van der Waals surface area (Å²) in [5.41, 5.74) is 3.57. The molecule has 2 aliphatic rings. The Morgan fingerprint density at radius 1 is 0.970 bits per heavy atom. The average Bonchev–Trinajstić information content (AvgIpc) is 2.79. The molecule has 0 bridgehead atoms. The Balaban J connectivity index is 0.00000187. The van der Waals surface area contributed by atoms with E-state index in [9.17, 15) is 22.8 Å². The normalized spacial score (nSPS) is 19.8. The van der Waals surface area contributed by atoms with Crippen LogP contribution >= 0.6 is 0 Å². The minimum atomic E-state index is -4.23. The first-order chi connectivity index (χ1) is 15.5. The molecule has 1 aromatic carbocycles. The summed E-state index contributed by atoms with van der Waals surface area (Å²) in [5, 5.41) is 0. The number of amides is 2. The highest BCUT2D eigenvalue weighted by Crippen LogP contribution is 2.23. The molecule has 0 N–H and O–H groups in total. The molecule has 0 spiro atoms. The highest BCUT2D eigenvalue weighted by Gasteiger charge is 2.38. The molecule has 2 saturated heterocycles. The second-order valence-electron chi connectivity index (χ2n) is 8.47. The van der Waals surface area contributed by atoms with E-state index in [0.29, 0.717) is 32.7 Å². The Hall–Kier alpha value is -2.29. The van der Waals surface area contributed by atoms with Gasteiger partial charge in [0.1, 0.15) is 6.04 Å². The van der Waals surface area contributed by atoms with Gasteiger partial charge in [0, 0.05) is 65.0 Å². The van der Waals surface area contributed by atoms with Gasteiger partial charge in [0.15, 0.2) is 0 Å². The third kappa shape index (κ3) is 7.35. The molecule has 0 saturated carbocycles. The fourth-order valence-electron chi connectivity index (χ4n) is 4.23. The van der Waals surface area contributed by atoms with Crippen molar-refractivity contribution in [2.45, 2.75) is 53.3 Å². The molecule has 3 rings (SSSR count). The number of aryl methyl sites for hydroxylation is 2. The Bertz CT molecular complexity index is 807. The minimum Gasteiger partial charge on any atom is -0.368 e. The third-order valence-corrected chi connectivity index (χ3v) is 6.31. The van der Waals surface area contributed by atoms with Crippen molar-refractivity contribution in [1.82, 2.24) is 14.7 Å². The lowest BCUT2D eigenvalue weighted by Crippen LogP contribution is -2.62. The summed E-state index contributed by atoms with van der Waals surface area (Å²) in [7, 11) is 0. The van der Waals surface area contributed by atoms with Gasteiger partial charge < -0.3 is 14.7 Å². The number of rotatable bonds is 4. The predicted molar refractivity (Wildman–Crippen MR) is 124 cm³/mol. The lowest BCUT2D eigenvalue weighted by Gasteiger charge is -2.44. The minimum absolute atomic E-state index is 0.145. The number of halogens is 3. The first-order valence-electron chi connectivity index (χ1n) is 11.7. The second-order valence-corrected chi connectivity index (χ2v) is 8.47. The zero-order valence-electron chi connectivity index (χ0n) is 20.4. The maximum absolute atomic E-state index is 13.2. The maximum atomic E-state index is 13.2. The first-order valence-corrected chi connectivity index (χ1v) is 11.7.